The normalized spacial score (nSPS) is 10.8. The molecule has 0 atom stereocenters. The molecule has 0 fully saturated rings. The van der Waals surface area contributed by atoms with Crippen LogP contribution < -0.4 is 10.3 Å². The molecule has 0 radical (unpaired) electrons. The molecule has 1 aromatic carbocycles. The van der Waals surface area contributed by atoms with Crippen molar-refractivity contribution in [2.24, 2.45) is 7.05 Å². The van der Waals surface area contributed by atoms with Crippen molar-refractivity contribution >= 4 is 0 Å². The van der Waals surface area contributed by atoms with Gasteiger partial charge in [-0.05, 0) is 43.2 Å². The molecule has 23 heavy (non-hydrogen) atoms. The number of benzene rings is 1. The number of aromatic nitrogens is 3. The maximum absolute atomic E-state index is 12.4. The molecule has 2 heterocycles. The van der Waals surface area contributed by atoms with Gasteiger partial charge in [-0.25, -0.2) is 0 Å². The Bertz CT molecular complexity index is 922. The van der Waals surface area contributed by atoms with Crippen LogP contribution in [0.1, 0.15) is 11.1 Å². The molecule has 0 saturated heterocycles. The maximum atomic E-state index is 12.4. The summed E-state index contributed by atoms with van der Waals surface area (Å²) in [4.78, 5) is 12.4. The van der Waals surface area contributed by atoms with E-state index in [0.717, 1.165) is 33.7 Å². The van der Waals surface area contributed by atoms with Gasteiger partial charge in [0.05, 0.1) is 19.0 Å². The minimum absolute atomic E-state index is 0.0524. The van der Waals surface area contributed by atoms with E-state index >= 15 is 0 Å². The molecule has 5 nitrogen and oxygen atoms in total. The van der Waals surface area contributed by atoms with Crippen molar-refractivity contribution in [2.75, 3.05) is 7.11 Å². The Morgan fingerprint density at radius 2 is 1.87 bits per heavy atom. The zero-order valence-corrected chi connectivity index (χ0v) is 13.7. The molecule has 0 N–H and O–H groups in total. The highest BCUT2D eigenvalue weighted by molar-refractivity contribution is 5.65. The molecule has 0 unspecified atom stereocenters. The predicted octanol–water partition coefficient (Wildman–Crippen LogP) is 2.86. The molecule has 0 spiro atoms. The average Bonchev–Trinajstić information content (AvgIpc) is 2.94. The molecule has 3 rings (SSSR count). The molecule has 0 aliphatic rings. The summed E-state index contributed by atoms with van der Waals surface area (Å²) < 4.78 is 8.66. The smallest absolute Gasteiger partial charge is 0.255 e. The number of hydrogen-bond acceptors (Lipinski definition) is 3. The molecule has 0 bridgehead atoms. The van der Waals surface area contributed by atoms with Gasteiger partial charge in [0, 0.05) is 36.6 Å². The summed E-state index contributed by atoms with van der Waals surface area (Å²) in [5.74, 6) is 0.777. The fourth-order valence-electron chi connectivity index (χ4n) is 2.70. The van der Waals surface area contributed by atoms with Gasteiger partial charge in [-0.1, -0.05) is 0 Å². The summed E-state index contributed by atoms with van der Waals surface area (Å²) in [7, 11) is 3.51. The highest BCUT2D eigenvalue weighted by atomic mass is 16.5. The first-order valence-electron chi connectivity index (χ1n) is 7.37. The number of pyridine rings is 1. The second kappa shape index (κ2) is 5.76. The Labute approximate surface area is 134 Å². The van der Waals surface area contributed by atoms with Crippen molar-refractivity contribution in [3.8, 4) is 22.6 Å². The molecular formula is C18H19N3O2. The lowest BCUT2D eigenvalue weighted by molar-refractivity contribution is 0.414. The van der Waals surface area contributed by atoms with Gasteiger partial charge in [-0.3, -0.25) is 14.0 Å². The number of rotatable bonds is 3. The summed E-state index contributed by atoms with van der Waals surface area (Å²) in [6.45, 7) is 3.91. The molecule has 0 amide bonds. The minimum atomic E-state index is -0.0524. The summed E-state index contributed by atoms with van der Waals surface area (Å²) >= 11 is 0. The first-order valence-corrected chi connectivity index (χ1v) is 7.37. The third-order valence-corrected chi connectivity index (χ3v) is 3.94. The van der Waals surface area contributed by atoms with Crippen LogP contribution in [-0.2, 0) is 7.05 Å². The lowest BCUT2D eigenvalue weighted by atomic mass is 10.1. The molecule has 0 saturated carbocycles. The van der Waals surface area contributed by atoms with Crippen LogP contribution in [0.15, 0.2) is 47.7 Å². The van der Waals surface area contributed by atoms with E-state index in [9.17, 15) is 4.79 Å². The van der Waals surface area contributed by atoms with Crippen molar-refractivity contribution in [3.63, 3.8) is 0 Å². The van der Waals surface area contributed by atoms with Crippen LogP contribution in [0.2, 0.25) is 0 Å². The van der Waals surface area contributed by atoms with Crippen molar-refractivity contribution in [1.82, 2.24) is 14.3 Å². The average molecular weight is 309 g/mol. The third-order valence-electron chi connectivity index (χ3n) is 3.94. The Morgan fingerprint density at radius 1 is 1.09 bits per heavy atom. The van der Waals surface area contributed by atoms with Gasteiger partial charge >= 0.3 is 0 Å². The lowest BCUT2D eigenvalue weighted by Gasteiger charge is -2.13. The number of aryl methyl sites for hydroxylation is 3. The SMILES string of the molecule is COc1ccc(-n2cc(-c3cnn(C)c3)c(C)cc2=O)c(C)c1. The molecule has 2 aromatic heterocycles. The van der Waals surface area contributed by atoms with Crippen LogP contribution in [0.5, 0.6) is 5.75 Å². The summed E-state index contributed by atoms with van der Waals surface area (Å²) in [6, 6.07) is 7.34. The van der Waals surface area contributed by atoms with Crippen LogP contribution in [0.3, 0.4) is 0 Å². The fourth-order valence-corrected chi connectivity index (χ4v) is 2.70. The second-order valence-corrected chi connectivity index (χ2v) is 5.63. The first-order chi connectivity index (χ1) is 11.0. The summed E-state index contributed by atoms with van der Waals surface area (Å²) in [6.07, 6.45) is 5.62. The summed E-state index contributed by atoms with van der Waals surface area (Å²) in [5.41, 5.74) is 4.69. The highest BCUT2D eigenvalue weighted by Gasteiger charge is 2.11. The minimum Gasteiger partial charge on any atom is -0.497 e. The Hall–Kier alpha value is -2.82. The number of hydrogen-bond donors (Lipinski definition) is 0. The van der Waals surface area contributed by atoms with Crippen LogP contribution in [0.25, 0.3) is 16.8 Å². The number of methoxy groups -OCH3 is 1. The van der Waals surface area contributed by atoms with Crippen molar-refractivity contribution in [3.05, 3.63) is 64.3 Å². The van der Waals surface area contributed by atoms with E-state index in [-0.39, 0.29) is 5.56 Å². The highest BCUT2D eigenvalue weighted by Crippen LogP contribution is 2.24. The maximum Gasteiger partial charge on any atom is 0.255 e. The van der Waals surface area contributed by atoms with Gasteiger partial charge in [-0.2, -0.15) is 5.10 Å². The standard InChI is InChI=1S/C18H19N3O2/c1-12-8-18(22)21(11-16(12)14-9-19-20(3)10-14)17-6-5-15(23-4)7-13(17)2/h5-11H,1-4H3. The van der Waals surface area contributed by atoms with Gasteiger partial charge in [0.15, 0.2) is 0 Å². The summed E-state index contributed by atoms with van der Waals surface area (Å²) in [5, 5.41) is 4.21. The monoisotopic (exact) mass is 309 g/mol. The number of ether oxygens (including phenoxy) is 1. The van der Waals surface area contributed by atoms with Crippen molar-refractivity contribution < 1.29 is 4.74 Å². The predicted molar refractivity (Wildman–Crippen MR) is 90.3 cm³/mol. The fraction of sp³-hybridized carbons (Fsp3) is 0.222. The first kappa shape index (κ1) is 15.1. The largest absolute Gasteiger partial charge is 0.497 e. The molecule has 0 aliphatic carbocycles. The van der Waals surface area contributed by atoms with Gasteiger partial charge in [0.1, 0.15) is 5.75 Å². The van der Waals surface area contributed by atoms with E-state index in [1.54, 1.807) is 28.6 Å². The van der Waals surface area contributed by atoms with Crippen LogP contribution in [0, 0.1) is 13.8 Å². The zero-order valence-electron chi connectivity index (χ0n) is 13.7. The quantitative estimate of drug-likeness (QED) is 0.747. The lowest BCUT2D eigenvalue weighted by Crippen LogP contribution is -2.18. The van der Waals surface area contributed by atoms with Crippen LogP contribution in [0.4, 0.5) is 0 Å². The van der Waals surface area contributed by atoms with E-state index < -0.39 is 0 Å². The Kier molecular flexibility index (Phi) is 3.78. The Morgan fingerprint density at radius 3 is 2.48 bits per heavy atom. The van der Waals surface area contributed by atoms with Crippen LogP contribution in [-0.4, -0.2) is 21.5 Å². The van der Waals surface area contributed by atoms with Crippen molar-refractivity contribution in [1.29, 1.82) is 0 Å². The van der Waals surface area contributed by atoms with E-state index in [2.05, 4.69) is 5.10 Å². The van der Waals surface area contributed by atoms with Crippen LogP contribution >= 0.6 is 0 Å². The zero-order chi connectivity index (χ0) is 16.6. The molecule has 0 aliphatic heterocycles. The molecular weight excluding hydrogens is 290 g/mol. The van der Waals surface area contributed by atoms with Gasteiger partial charge in [0.2, 0.25) is 0 Å². The van der Waals surface area contributed by atoms with E-state index in [0.29, 0.717) is 0 Å². The molecule has 118 valence electrons. The Balaban J connectivity index is 2.19. The van der Waals surface area contributed by atoms with Gasteiger partial charge < -0.3 is 4.74 Å². The molecule has 5 heteroatoms. The van der Waals surface area contributed by atoms with Gasteiger partial charge in [-0.15, -0.1) is 0 Å². The van der Waals surface area contributed by atoms with E-state index in [1.807, 2.05) is 51.5 Å². The second-order valence-electron chi connectivity index (χ2n) is 5.63. The third kappa shape index (κ3) is 2.77. The molecule has 3 aromatic rings. The number of nitrogens with zero attached hydrogens (tertiary/aromatic N) is 3. The van der Waals surface area contributed by atoms with E-state index in [4.69, 9.17) is 4.74 Å². The van der Waals surface area contributed by atoms with E-state index in [1.165, 1.54) is 0 Å². The topological polar surface area (TPSA) is 49.0 Å². The van der Waals surface area contributed by atoms with Crippen molar-refractivity contribution in [2.45, 2.75) is 13.8 Å². The van der Waals surface area contributed by atoms with Gasteiger partial charge in [0.25, 0.3) is 5.56 Å².